The molecular formula is C25H31BrN4O2. The van der Waals surface area contributed by atoms with Crippen LogP contribution in [0.2, 0.25) is 0 Å². The molecule has 2 aliphatic rings. The molecule has 7 heteroatoms. The molecular weight excluding hydrogens is 468 g/mol. The van der Waals surface area contributed by atoms with Crippen molar-refractivity contribution in [3.8, 4) is 0 Å². The van der Waals surface area contributed by atoms with Gasteiger partial charge in [0.05, 0.1) is 12.6 Å². The van der Waals surface area contributed by atoms with Gasteiger partial charge in [-0.05, 0) is 103 Å². The van der Waals surface area contributed by atoms with Gasteiger partial charge in [0, 0.05) is 16.6 Å². The van der Waals surface area contributed by atoms with Crippen LogP contribution in [0.4, 0.5) is 5.82 Å². The lowest BCUT2D eigenvalue weighted by Crippen LogP contribution is -2.43. The number of aromatic nitrogens is 1. The molecule has 2 aromatic rings. The van der Waals surface area contributed by atoms with Crippen LogP contribution in [0.5, 0.6) is 0 Å². The number of nitrogens with zero attached hydrogens (tertiary/aromatic N) is 2. The largest absolute Gasteiger partial charge is 0.348 e. The number of carbonyl (C=O) groups excluding carboxylic acids is 2. The van der Waals surface area contributed by atoms with E-state index in [9.17, 15) is 9.59 Å². The second kappa shape index (κ2) is 10.6. The smallest absolute Gasteiger partial charge is 0.234 e. The van der Waals surface area contributed by atoms with E-state index in [4.69, 9.17) is 0 Å². The summed E-state index contributed by atoms with van der Waals surface area (Å²) in [5, 5.41) is 6.04. The number of amides is 2. The summed E-state index contributed by atoms with van der Waals surface area (Å²) in [6.07, 6.45) is 8.01. The Kier molecular flexibility index (Phi) is 7.58. The topological polar surface area (TPSA) is 74.3 Å². The van der Waals surface area contributed by atoms with E-state index in [0.717, 1.165) is 36.8 Å². The number of benzene rings is 1. The van der Waals surface area contributed by atoms with Crippen LogP contribution in [-0.4, -0.2) is 41.3 Å². The van der Waals surface area contributed by atoms with Crippen molar-refractivity contribution in [2.24, 2.45) is 5.92 Å². The van der Waals surface area contributed by atoms with Gasteiger partial charge in [0.15, 0.2) is 0 Å². The van der Waals surface area contributed by atoms with Crippen molar-refractivity contribution < 1.29 is 9.59 Å². The van der Waals surface area contributed by atoms with Crippen LogP contribution in [0.15, 0.2) is 41.0 Å². The molecule has 0 spiro atoms. The molecule has 2 heterocycles. The Hall–Kier alpha value is -2.25. The average molecular weight is 499 g/mol. The van der Waals surface area contributed by atoms with Gasteiger partial charge in [-0.25, -0.2) is 4.98 Å². The number of hydrogen-bond acceptors (Lipinski definition) is 4. The highest BCUT2D eigenvalue weighted by Gasteiger charge is 2.26. The van der Waals surface area contributed by atoms with Gasteiger partial charge in [-0.3, -0.25) is 14.5 Å². The summed E-state index contributed by atoms with van der Waals surface area (Å²) < 4.78 is 0.878. The number of nitrogens with one attached hydrogen (secondary N) is 2. The fourth-order valence-corrected chi connectivity index (χ4v) is 4.86. The zero-order valence-corrected chi connectivity index (χ0v) is 20.2. The number of aryl methyl sites for hydroxylation is 2. The van der Waals surface area contributed by atoms with Crippen LogP contribution in [0, 0.1) is 5.92 Å². The summed E-state index contributed by atoms with van der Waals surface area (Å²) in [6, 6.07) is 10.3. The van der Waals surface area contributed by atoms with E-state index >= 15 is 0 Å². The Morgan fingerprint density at radius 2 is 1.88 bits per heavy atom. The molecule has 32 heavy (non-hydrogen) atoms. The first kappa shape index (κ1) is 22.9. The van der Waals surface area contributed by atoms with E-state index in [1.807, 2.05) is 6.07 Å². The van der Waals surface area contributed by atoms with Crippen LogP contribution < -0.4 is 10.6 Å². The van der Waals surface area contributed by atoms with Gasteiger partial charge in [0.2, 0.25) is 11.8 Å². The molecule has 170 valence electrons. The van der Waals surface area contributed by atoms with Crippen LogP contribution in [0.1, 0.15) is 55.3 Å². The molecule has 0 saturated carbocycles. The van der Waals surface area contributed by atoms with Gasteiger partial charge < -0.3 is 10.6 Å². The molecule has 1 aromatic carbocycles. The molecule has 1 fully saturated rings. The zero-order chi connectivity index (χ0) is 22.5. The Labute approximate surface area is 198 Å². The van der Waals surface area contributed by atoms with Gasteiger partial charge in [0.1, 0.15) is 5.82 Å². The molecule has 1 saturated heterocycles. The van der Waals surface area contributed by atoms with E-state index in [1.165, 1.54) is 36.0 Å². The van der Waals surface area contributed by atoms with E-state index in [2.05, 4.69) is 61.6 Å². The van der Waals surface area contributed by atoms with Gasteiger partial charge in [-0.2, -0.15) is 0 Å². The third-order valence-electron chi connectivity index (χ3n) is 6.55. The summed E-state index contributed by atoms with van der Waals surface area (Å²) in [5.41, 5.74) is 4.07. The fourth-order valence-electron chi connectivity index (χ4n) is 4.63. The first-order valence-corrected chi connectivity index (χ1v) is 12.3. The molecule has 2 amide bonds. The Bertz CT molecular complexity index is 955. The van der Waals surface area contributed by atoms with Crippen LogP contribution in [-0.2, 0) is 22.4 Å². The maximum Gasteiger partial charge on any atom is 0.234 e. The number of halogens is 1. The minimum atomic E-state index is -0.0471. The minimum absolute atomic E-state index is 0.00328. The second-order valence-corrected chi connectivity index (χ2v) is 9.84. The molecule has 1 aliphatic heterocycles. The molecule has 1 unspecified atom stereocenters. The number of anilines is 1. The van der Waals surface area contributed by atoms with Crippen LogP contribution in [0.3, 0.4) is 0 Å². The molecule has 4 rings (SSSR count). The molecule has 2 N–H and O–H groups in total. The van der Waals surface area contributed by atoms with E-state index < -0.39 is 0 Å². The van der Waals surface area contributed by atoms with Crippen molar-refractivity contribution >= 4 is 33.6 Å². The van der Waals surface area contributed by atoms with Crippen molar-refractivity contribution in [2.45, 2.75) is 51.5 Å². The maximum atomic E-state index is 12.6. The van der Waals surface area contributed by atoms with Crippen LogP contribution in [0.25, 0.3) is 0 Å². The second-order valence-electron chi connectivity index (χ2n) is 8.93. The lowest BCUT2D eigenvalue weighted by Gasteiger charge is -2.31. The van der Waals surface area contributed by atoms with E-state index in [0.29, 0.717) is 12.4 Å². The third kappa shape index (κ3) is 5.95. The van der Waals surface area contributed by atoms with Gasteiger partial charge in [0.25, 0.3) is 0 Å². The Balaban J connectivity index is 1.22. The summed E-state index contributed by atoms with van der Waals surface area (Å²) >= 11 is 3.34. The normalized spacial score (nSPS) is 17.9. The van der Waals surface area contributed by atoms with Crippen molar-refractivity contribution in [1.82, 2.24) is 15.2 Å². The number of fused-ring (bicyclic) bond motifs is 1. The number of rotatable bonds is 6. The quantitative estimate of drug-likeness (QED) is 0.624. The van der Waals surface area contributed by atoms with Gasteiger partial charge in [-0.1, -0.05) is 18.2 Å². The standard InChI is InChI=1S/C25H31BrN4O2/c1-17(20-7-6-18-4-2-3-5-21(18)14-20)28-24(31)16-30-12-10-19(11-13-30)25(32)29-23-9-8-22(26)15-27-23/h6-9,14-15,17,19H,2-5,10-13,16H2,1H3,(H,28,31)(H,27,29,32). The molecule has 1 aliphatic carbocycles. The SMILES string of the molecule is CC(NC(=O)CN1CCC(C(=O)Nc2ccc(Br)cn2)CC1)c1ccc2c(c1)CCCC2. The summed E-state index contributed by atoms with van der Waals surface area (Å²) in [4.78, 5) is 31.5. The monoisotopic (exact) mass is 498 g/mol. The highest BCUT2D eigenvalue weighted by atomic mass is 79.9. The molecule has 1 atom stereocenters. The minimum Gasteiger partial charge on any atom is -0.348 e. The number of likely N-dealkylation sites (tertiary alicyclic amines) is 1. The van der Waals surface area contributed by atoms with E-state index in [-0.39, 0.29) is 23.8 Å². The number of pyridine rings is 1. The van der Waals surface area contributed by atoms with Gasteiger partial charge >= 0.3 is 0 Å². The first-order chi connectivity index (χ1) is 15.5. The van der Waals surface area contributed by atoms with Crippen molar-refractivity contribution in [3.05, 3.63) is 57.7 Å². The maximum absolute atomic E-state index is 12.6. The predicted octanol–water partition coefficient (Wildman–Crippen LogP) is 4.25. The summed E-state index contributed by atoms with van der Waals surface area (Å²) in [7, 11) is 0. The number of carbonyl (C=O) groups is 2. The highest BCUT2D eigenvalue weighted by molar-refractivity contribution is 9.10. The summed E-state index contributed by atoms with van der Waals surface area (Å²) in [5.74, 6) is 0.562. The highest BCUT2D eigenvalue weighted by Crippen LogP contribution is 2.25. The lowest BCUT2D eigenvalue weighted by atomic mass is 9.89. The fraction of sp³-hybridized carbons (Fsp3) is 0.480. The number of piperidine rings is 1. The Morgan fingerprint density at radius 3 is 2.59 bits per heavy atom. The van der Waals surface area contributed by atoms with Gasteiger partial charge in [-0.15, -0.1) is 0 Å². The van der Waals surface area contributed by atoms with Crippen molar-refractivity contribution in [1.29, 1.82) is 0 Å². The average Bonchev–Trinajstić information content (AvgIpc) is 2.80. The van der Waals surface area contributed by atoms with Crippen molar-refractivity contribution in [3.63, 3.8) is 0 Å². The van der Waals surface area contributed by atoms with E-state index in [1.54, 1.807) is 12.3 Å². The van der Waals surface area contributed by atoms with Crippen molar-refractivity contribution in [2.75, 3.05) is 25.0 Å². The molecule has 1 aromatic heterocycles. The third-order valence-corrected chi connectivity index (χ3v) is 7.02. The first-order valence-electron chi connectivity index (χ1n) is 11.5. The lowest BCUT2D eigenvalue weighted by molar-refractivity contribution is -0.124. The van der Waals surface area contributed by atoms with Crippen LogP contribution >= 0.6 is 15.9 Å². The predicted molar refractivity (Wildman–Crippen MR) is 129 cm³/mol. The number of hydrogen-bond donors (Lipinski definition) is 2. The molecule has 0 bridgehead atoms. The zero-order valence-electron chi connectivity index (χ0n) is 18.6. The Morgan fingerprint density at radius 1 is 1.12 bits per heavy atom. The summed E-state index contributed by atoms with van der Waals surface area (Å²) in [6.45, 7) is 3.91. The molecule has 6 nitrogen and oxygen atoms in total. The molecule has 0 radical (unpaired) electrons.